The molecule has 0 heterocycles. The molecule has 0 aliphatic carbocycles. The van der Waals surface area contributed by atoms with Gasteiger partial charge in [0.15, 0.2) is 19.3 Å². The van der Waals surface area contributed by atoms with E-state index in [2.05, 4.69) is 0 Å². The van der Waals surface area contributed by atoms with Crippen molar-refractivity contribution in [1.82, 2.24) is 0 Å². The number of hydrogen-bond acceptors (Lipinski definition) is 3. The summed E-state index contributed by atoms with van der Waals surface area (Å²) in [6.45, 7) is 0.940. The second kappa shape index (κ2) is 6.67. The summed E-state index contributed by atoms with van der Waals surface area (Å²) >= 11 is 0. The van der Waals surface area contributed by atoms with E-state index in [0.29, 0.717) is 13.1 Å². The molecule has 0 spiro atoms. The standard InChI is InChI=1S/C6H14NO3/c8-4-1-7(2-5-9)3-6-10/h1,8-10H,2-6H2/q+1. The van der Waals surface area contributed by atoms with Crippen molar-refractivity contribution >= 4 is 6.21 Å². The Bertz CT molecular complexity index is 95.2. The molecule has 0 aromatic heterocycles. The molecule has 0 fully saturated rings. The van der Waals surface area contributed by atoms with Crippen molar-refractivity contribution in [3.8, 4) is 0 Å². The molecule has 0 saturated carbocycles. The van der Waals surface area contributed by atoms with Gasteiger partial charge in [-0.15, -0.1) is 0 Å². The van der Waals surface area contributed by atoms with Gasteiger partial charge in [0.2, 0.25) is 0 Å². The fraction of sp³-hybridized carbons (Fsp3) is 0.833. The SMILES string of the molecule is OCC=[N+](CCO)CCO. The monoisotopic (exact) mass is 148 g/mol. The number of aliphatic hydroxyl groups is 3. The van der Waals surface area contributed by atoms with Gasteiger partial charge in [-0.3, -0.25) is 0 Å². The van der Waals surface area contributed by atoms with Crippen LogP contribution >= 0.6 is 0 Å². The van der Waals surface area contributed by atoms with Crippen LogP contribution in [0.4, 0.5) is 0 Å². The molecule has 0 aliphatic heterocycles. The average molecular weight is 148 g/mol. The molecule has 0 rings (SSSR count). The minimum Gasteiger partial charge on any atom is -0.390 e. The van der Waals surface area contributed by atoms with Crippen LogP contribution in [-0.2, 0) is 0 Å². The van der Waals surface area contributed by atoms with E-state index in [1.807, 2.05) is 0 Å². The van der Waals surface area contributed by atoms with E-state index in [9.17, 15) is 0 Å². The summed E-state index contributed by atoms with van der Waals surface area (Å²) in [6.07, 6.45) is 1.53. The molecule has 0 radical (unpaired) electrons. The van der Waals surface area contributed by atoms with Gasteiger partial charge in [-0.1, -0.05) is 0 Å². The zero-order valence-corrected chi connectivity index (χ0v) is 5.90. The molecule has 0 aromatic rings. The maximum Gasteiger partial charge on any atom is 0.165 e. The van der Waals surface area contributed by atoms with Gasteiger partial charge in [-0.2, -0.15) is 0 Å². The van der Waals surface area contributed by atoms with Crippen molar-refractivity contribution in [2.24, 2.45) is 0 Å². The van der Waals surface area contributed by atoms with Gasteiger partial charge in [0.1, 0.15) is 19.8 Å². The molecule has 60 valence electrons. The summed E-state index contributed by atoms with van der Waals surface area (Å²) in [4.78, 5) is 0. The molecule has 4 heteroatoms. The van der Waals surface area contributed by atoms with E-state index in [4.69, 9.17) is 15.3 Å². The summed E-state index contributed by atoms with van der Waals surface area (Å²) < 4.78 is 1.67. The van der Waals surface area contributed by atoms with Crippen LogP contribution < -0.4 is 0 Å². The van der Waals surface area contributed by atoms with E-state index in [-0.39, 0.29) is 19.8 Å². The molecule has 0 aromatic carbocycles. The fourth-order valence-corrected chi connectivity index (χ4v) is 0.667. The second-order valence-corrected chi connectivity index (χ2v) is 1.85. The van der Waals surface area contributed by atoms with Crippen LogP contribution in [0.2, 0.25) is 0 Å². The molecule has 4 nitrogen and oxygen atoms in total. The minimum absolute atomic E-state index is 0.0382. The van der Waals surface area contributed by atoms with Crippen molar-refractivity contribution in [2.75, 3.05) is 32.9 Å². The third-order valence-electron chi connectivity index (χ3n) is 1.11. The largest absolute Gasteiger partial charge is 0.390 e. The maximum atomic E-state index is 8.46. The highest BCUT2D eigenvalue weighted by Gasteiger charge is 1.99. The molecule has 0 amide bonds. The average Bonchev–Trinajstić information content (AvgIpc) is 1.90. The zero-order valence-electron chi connectivity index (χ0n) is 5.90. The molecule has 0 unspecified atom stereocenters. The lowest BCUT2D eigenvalue weighted by Crippen LogP contribution is -2.22. The van der Waals surface area contributed by atoms with Crippen LogP contribution in [0.3, 0.4) is 0 Å². The Morgan fingerprint density at radius 2 is 1.50 bits per heavy atom. The highest BCUT2D eigenvalue weighted by Crippen LogP contribution is 1.72. The van der Waals surface area contributed by atoms with Gasteiger partial charge >= 0.3 is 0 Å². The highest BCUT2D eigenvalue weighted by atomic mass is 16.3. The van der Waals surface area contributed by atoms with Crippen molar-refractivity contribution in [3.63, 3.8) is 0 Å². The smallest absolute Gasteiger partial charge is 0.165 e. The van der Waals surface area contributed by atoms with Gasteiger partial charge in [-0.05, 0) is 0 Å². The molecular weight excluding hydrogens is 134 g/mol. The van der Waals surface area contributed by atoms with Gasteiger partial charge in [0, 0.05) is 0 Å². The Labute approximate surface area is 60.1 Å². The Balaban J connectivity index is 3.60. The Kier molecular flexibility index (Phi) is 6.37. The Hall–Kier alpha value is -0.450. The van der Waals surface area contributed by atoms with Crippen LogP contribution in [0, 0.1) is 0 Å². The quantitative estimate of drug-likeness (QED) is 0.313. The first kappa shape index (κ1) is 9.55. The summed E-state index contributed by atoms with van der Waals surface area (Å²) in [5, 5.41) is 25.4. The zero-order chi connectivity index (χ0) is 7.82. The number of nitrogens with zero attached hydrogens (tertiary/aromatic N) is 1. The van der Waals surface area contributed by atoms with Crippen LogP contribution in [-0.4, -0.2) is 59.0 Å². The van der Waals surface area contributed by atoms with Gasteiger partial charge in [-0.25, -0.2) is 4.58 Å². The van der Waals surface area contributed by atoms with Crippen molar-refractivity contribution in [3.05, 3.63) is 0 Å². The lowest BCUT2D eigenvalue weighted by atomic mass is 10.5. The molecular formula is C6H14NO3+. The lowest BCUT2D eigenvalue weighted by molar-refractivity contribution is -0.529. The third kappa shape index (κ3) is 4.43. The molecule has 0 saturated heterocycles. The van der Waals surface area contributed by atoms with E-state index in [1.54, 1.807) is 4.58 Å². The fourth-order valence-electron chi connectivity index (χ4n) is 0.667. The number of aliphatic hydroxyl groups excluding tert-OH is 3. The van der Waals surface area contributed by atoms with Crippen LogP contribution in [0.15, 0.2) is 0 Å². The highest BCUT2D eigenvalue weighted by molar-refractivity contribution is 5.51. The van der Waals surface area contributed by atoms with Crippen LogP contribution in [0.1, 0.15) is 0 Å². The summed E-state index contributed by atoms with van der Waals surface area (Å²) in [5.74, 6) is 0. The molecule has 10 heavy (non-hydrogen) atoms. The number of hydrogen-bond donors (Lipinski definition) is 3. The molecule has 0 atom stereocenters. The third-order valence-corrected chi connectivity index (χ3v) is 1.11. The Morgan fingerprint density at radius 3 is 1.80 bits per heavy atom. The van der Waals surface area contributed by atoms with Gasteiger partial charge in [0.05, 0.1) is 0 Å². The molecule has 3 N–H and O–H groups in total. The van der Waals surface area contributed by atoms with Gasteiger partial charge < -0.3 is 15.3 Å². The van der Waals surface area contributed by atoms with E-state index < -0.39 is 0 Å². The normalized spacial score (nSPS) is 9.50. The van der Waals surface area contributed by atoms with Crippen molar-refractivity contribution < 1.29 is 19.9 Å². The Morgan fingerprint density at radius 1 is 1.00 bits per heavy atom. The predicted octanol–water partition coefficient (Wildman–Crippen LogP) is -1.95. The molecule has 0 aliphatic rings. The summed E-state index contributed by atoms with van der Waals surface area (Å²) in [6, 6.07) is 0. The van der Waals surface area contributed by atoms with Crippen LogP contribution in [0.5, 0.6) is 0 Å². The maximum absolute atomic E-state index is 8.46. The van der Waals surface area contributed by atoms with Crippen molar-refractivity contribution in [2.45, 2.75) is 0 Å². The first-order chi connectivity index (χ1) is 4.85. The first-order valence-corrected chi connectivity index (χ1v) is 3.25. The predicted molar refractivity (Wildman–Crippen MR) is 37.3 cm³/mol. The van der Waals surface area contributed by atoms with Crippen molar-refractivity contribution in [1.29, 1.82) is 0 Å². The second-order valence-electron chi connectivity index (χ2n) is 1.85. The van der Waals surface area contributed by atoms with E-state index in [1.165, 1.54) is 6.21 Å². The topological polar surface area (TPSA) is 63.7 Å². The summed E-state index contributed by atoms with van der Waals surface area (Å²) in [7, 11) is 0. The summed E-state index contributed by atoms with van der Waals surface area (Å²) in [5.41, 5.74) is 0. The van der Waals surface area contributed by atoms with E-state index in [0.717, 1.165) is 0 Å². The minimum atomic E-state index is -0.0556. The number of rotatable bonds is 5. The van der Waals surface area contributed by atoms with Gasteiger partial charge in [0.25, 0.3) is 0 Å². The lowest BCUT2D eigenvalue weighted by Gasteiger charge is -1.97. The van der Waals surface area contributed by atoms with E-state index >= 15 is 0 Å². The molecule has 0 bridgehead atoms. The first-order valence-electron chi connectivity index (χ1n) is 3.25. The van der Waals surface area contributed by atoms with Crippen LogP contribution in [0.25, 0.3) is 0 Å².